The van der Waals surface area contributed by atoms with Crippen LogP contribution < -0.4 is 0 Å². The Bertz CT molecular complexity index is 689. The Morgan fingerprint density at radius 3 is 1.36 bits per heavy atom. The zero-order valence-electron chi connectivity index (χ0n) is 18.9. The number of hydrogen-bond donors (Lipinski definition) is 0. The van der Waals surface area contributed by atoms with Crippen molar-refractivity contribution in [3.8, 4) is 0 Å². The molecule has 0 aromatic rings. The first-order valence-electron chi connectivity index (χ1n) is 9.73. The first kappa shape index (κ1) is 36.1. The van der Waals surface area contributed by atoms with Gasteiger partial charge in [-0.25, -0.2) is 8.78 Å². The first-order valence-corrected chi connectivity index (χ1v) is 9.73. The predicted molar refractivity (Wildman–Crippen MR) is 92.7 cm³/mol. The van der Waals surface area contributed by atoms with E-state index in [-0.39, 0.29) is 12.8 Å². The fourth-order valence-electron chi connectivity index (χ4n) is 1.66. The van der Waals surface area contributed by atoms with Gasteiger partial charge in [-0.2, -0.15) is 52.7 Å². The molecular weight excluding hydrogens is 546 g/mol. The highest BCUT2D eigenvalue weighted by Gasteiger charge is 2.75. The molecule has 0 N–H and O–H groups in total. The Morgan fingerprint density at radius 1 is 0.694 bits per heavy atom. The number of carbonyl (C=O) groups excluding carboxylic acids is 2. The average Bonchev–Trinajstić information content (AvgIpc) is 2.72. The molecule has 0 aromatic heterocycles. The number of carbonyl (C=O) groups is 2. The van der Waals surface area contributed by atoms with E-state index in [0.717, 1.165) is 0 Å². The van der Waals surface area contributed by atoms with E-state index in [1.165, 1.54) is 27.7 Å². The summed E-state index contributed by atoms with van der Waals surface area (Å²) in [5.41, 5.74) is 0. The van der Waals surface area contributed by atoms with Crippen LogP contribution in [0.15, 0.2) is 0 Å². The van der Waals surface area contributed by atoms with Crippen LogP contribution in [0.1, 0.15) is 40.5 Å². The van der Waals surface area contributed by atoms with Crippen molar-refractivity contribution < 1.29 is 80.5 Å². The van der Waals surface area contributed by atoms with Crippen LogP contribution in [0.5, 0.6) is 0 Å². The molecule has 0 aliphatic rings. The van der Waals surface area contributed by atoms with E-state index in [2.05, 4.69) is 9.47 Å². The van der Waals surface area contributed by atoms with E-state index in [0.29, 0.717) is 0 Å². The maximum Gasteiger partial charge on any atom is 0.434 e. The van der Waals surface area contributed by atoms with Crippen molar-refractivity contribution in [1.82, 2.24) is 0 Å². The Labute approximate surface area is 195 Å². The lowest BCUT2D eigenvalue weighted by Crippen LogP contribution is -2.59. The predicted octanol–water partition coefficient (Wildman–Crippen LogP) is 6.82. The van der Waals surface area contributed by atoms with Gasteiger partial charge in [0.05, 0.1) is 11.8 Å². The topological polar surface area (TPSA) is 52.6 Å². The van der Waals surface area contributed by atoms with E-state index in [9.17, 15) is 71.1 Å². The van der Waals surface area contributed by atoms with Gasteiger partial charge in [-0.3, -0.25) is 9.59 Å². The van der Waals surface area contributed by atoms with E-state index < -0.39 is 73.0 Å². The summed E-state index contributed by atoms with van der Waals surface area (Å²) >= 11 is 0. The third-order valence-electron chi connectivity index (χ3n) is 4.41. The molecule has 0 saturated carbocycles. The normalized spacial score (nSPS) is 15.2. The monoisotopic (exact) mass is 568 g/mol. The molecule has 36 heavy (non-hydrogen) atoms. The van der Waals surface area contributed by atoms with Crippen molar-refractivity contribution in [3.63, 3.8) is 0 Å². The molecule has 216 valence electrons. The highest BCUT2D eigenvalue weighted by atomic mass is 19.4. The second-order valence-corrected chi connectivity index (χ2v) is 7.33. The summed E-state index contributed by atoms with van der Waals surface area (Å²) in [6.45, 7) is 2.91. The van der Waals surface area contributed by atoms with Crippen molar-refractivity contribution in [1.29, 1.82) is 0 Å². The van der Waals surface area contributed by atoms with Crippen LogP contribution in [0, 0.1) is 11.8 Å². The van der Waals surface area contributed by atoms with Gasteiger partial charge in [0.25, 0.3) is 6.10 Å². The van der Waals surface area contributed by atoms with Gasteiger partial charge in [-0.15, -0.1) is 0 Å². The number of rotatable bonds is 10. The molecule has 0 saturated heterocycles. The van der Waals surface area contributed by atoms with Crippen molar-refractivity contribution in [2.75, 3.05) is 6.61 Å². The quantitative estimate of drug-likeness (QED) is 0.215. The maximum atomic E-state index is 12.9. The number of alkyl halides is 14. The van der Waals surface area contributed by atoms with Crippen LogP contribution >= 0.6 is 0 Å². The zero-order chi connectivity index (χ0) is 29.5. The highest BCUT2D eigenvalue weighted by Crippen LogP contribution is 2.48. The Hall–Kier alpha value is -2.04. The van der Waals surface area contributed by atoms with Crippen LogP contribution in [0.4, 0.5) is 61.5 Å². The molecule has 18 heteroatoms. The number of halogens is 14. The second-order valence-electron chi connectivity index (χ2n) is 7.33. The van der Waals surface area contributed by atoms with Crippen LogP contribution in [-0.2, 0) is 19.1 Å². The molecule has 0 rings (SSSR count). The second kappa shape index (κ2) is 13.0. The zero-order valence-corrected chi connectivity index (χ0v) is 18.9. The minimum Gasteiger partial charge on any atom is -0.459 e. The molecule has 0 fully saturated rings. The van der Waals surface area contributed by atoms with E-state index in [1.807, 2.05) is 0 Å². The fraction of sp³-hybridized carbons (Fsp3) is 0.889. The minimum absolute atomic E-state index is 0.0985. The van der Waals surface area contributed by atoms with Gasteiger partial charge >= 0.3 is 48.5 Å². The molecule has 0 heterocycles. The lowest BCUT2D eigenvalue weighted by atomic mass is 10.1. The molecule has 0 amide bonds. The van der Waals surface area contributed by atoms with Gasteiger partial charge in [0, 0.05) is 0 Å². The largest absolute Gasteiger partial charge is 0.459 e. The van der Waals surface area contributed by atoms with Crippen LogP contribution in [-0.4, -0.2) is 61.2 Å². The van der Waals surface area contributed by atoms with E-state index >= 15 is 0 Å². The minimum atomic E-state index is -6.36. The standard InChI is InChI=1S/C10H12F8O2.C8H10F6O2/c1-3-5(2)6(19)20-4-8(13,14)10(17,18)9(15,16)7(11)12;1-3-4(2)5(15)16-6(7(9,10)11)8(12,13)14/h5,7H,3-4H2,1-2H3;4,6H,3H2,1-2H3. The van der Waals surface area contributed by atoms with Crippen molar-refractivity contribution in [2.24, 2.45) is 11.8 Å². The van der Waals surface area contributed by atoms with Crippen molar-refractivity contribution in [3.05, 3.63) is 0 Å². The summed E-state index contributed by atoms with van der Waals surface area (Å²) in [4.78, 5) is 21.9. The van der Waals surface area contributed by atoms with Crippen LogP contribution in [0.2, 0.25) is 0 Å². The third kappa shape index (κ3) is 9.78. The molecule has 0 aliphatic heterocycles. The summed E-state index contributed by atoms with van der Waals surface area (Å²) in [6, 6.07) is 0. The van der Waals surface area contributed by atoms with Gasteiger partial charge in [0.2, 0.25) is 0 Å². The Balaban J connectivity index is 0. The maximum absolute atomic E-state index is 12.9. The lowest BCUT2D eigenvalue weighted by molar-refractivity contribution is -0.344. The molecule has 2 unspecified atom stereocenters. The smallest absolute Gasteiger partial charge is 0.434 e. The number of hydrogen-bond acceptors (Lipinski definition) is 4. The van der Waals surface area contributed by atoms with Gasteiger partial charge in [-0.05, 0) is 12.8 Å². The fourth-order valence-corrected chi connectivity index (χ4v) is 1.66. The third-order valence-corrected chi connectivity index (χ3v) is 4.41. The lowest BCUT2D eigenvalue weighted by Gasteiger charge is -2.31. The molecule has 0 radical (unpaired) electrons. The average molecular weight is 568 g/mol. The number of esters is 2. The van der Waals surface area contributed by atoms with E-state index in [1.54, 1.807) is 0 Å². The van der Waals surface area contributed by atoms with Crippen LogP contribution in [0.3, 0.4) is 0 Å². The van der Waals surface area contributed by atoms with Gasteiger partial charge in [-0.1, -0.05) is 27.7 Å². The SMILES string of the molecule is CCC(C)C(=O)OC(C(F)(F)F)C(F)(F)F.CCC(C)C(=O)OCC(F)(F)C(F)(F)C(F)(F)C(F)F. The summed E-state index contributed by atoms with van der Waals surface area (Å²) in [5, 5.41) is 0. The van der Waals surface area contributed by atoms with Crippen LogP contribution in [0.25, 0.3) is 0 Å². The Morgan fingerprint density at radius 2 is 1.06 bits per heavy atom. The van der Waals surface area contributed by atoms with Gasteiger partial charge in [0.15, 0.2) is 6.61 Å². The van der Waals surface area contributed by atoms with Gasteiger partial charge in [0.1, 0.15) is 0 Å². The summed E-state index contributed by atoms with van der Waals surface area (Å²) in [5.74, 6) is -23.0. The molecule has 0 bridgehead atoms. The van der Waals surface area contributed by atoms with Crippen molar-refractivity contribution >= 4 is 11.9 Å². The first-order chi connectivity index (χ1) is 15.8. The van der Waals surface area contributed by atoms with Gasteiger partial charge < -0.3 is 9.47 Å². The molecule has 0 spiro atoms. The molecular formula is C18H22F14O4. The van der Waals surface area contributed by atoms with E-state index in [4.69, 9.17) is 0 Å². The summed E-state index contributed by atoms with van der Waals surface area (Å²) in [7, 11) is 0. The summed E-state index contributed by atoms with van der Waals surface area (Å²) < 4.78 is 179. The molecule has 2 atom stereocenters. The summed E-state index contributed by atoms with van der Waals surface area (Å²) in [6.07, 6.45) is -20.1. The Kier molecular flexibility index (Phi) is 13.0. The van der Waals surface area contributed by atoms with Crippen molar-refractivity contribution in [2.45, 2.75) is 83.2 Å². The molecule has 0 aromatic carbocycles. The number of ether oxygens (including phenoxy) is 2. The highest BCUT2D eigenvalue weighted by molar-refractivity contribution is 5.72. The molecule has 0 aliphatic carbocycles. The molecule has 4 nitrogen and oxygen atoms in total.